The molecule has 0 saturated heterocycles. The summed E-state index contributed by atoms with van der Waals surface area (Å²) in [6.07, 6.45) is 4.59. The van der Waals surface area contributed by atoms with Gasteiger partial charge in [-0.15, -0.1) is 0 Å². The third-order valence-corrected chi connectivity index (χ3v) is 7.99. The maximum absolute atomic E-state index is 14.5. The van der Waals surface area contributed by atoms with Crippen LogP contribution in [-0.2, 0) is 23.7 Å². The van der Waals surface area contributed by atoms with Crippen LogP contribution in [0.3, 0.4) is 0 Å². The number of carbonyl (C=O) groups excluding carboxylic acids is 4. The Kier molecular flexibility index (Phi) is 7.00. The molecule has 0 atom stereocenters. The molecule has 42 heavy (non-hydrogen) atoms. The first-order chi connectivity index (χ1) is 20.4. The SMILES string of the molecule is O=C1C=CC(=O)N1c1cccc([P](=O)c2cccc(N3C(=O)C=CC3=O)c2Oc2ccccc2)c1Oc1ccccc1. The number of anilines is 2. The smallest absolute Gasteiger partial charge is 0.258 e. The molecule has 0 unspecified atom stereocenters. The number of nitrogens with zero attached hydrogens (tertiary/aromatic N) is 2. The molecule has 10 heteroatoms. The predicted molar refractivity (Wildman–Crippen MR) is 156 cm³/mol. The van der Waals surface area contributed by atoms with Gasteiger partial charge in [-0.05, 0) is 48.5 Å². The molecule has 205 valence electrons. The first-order valence-electron chi connectivity index (χ1n) is 12.7. The van der Waals surface area contributed by atoms with Gasteiger partial charge in [0.15, 0.2) is 11.5 Å². The number of ether oxygens (including phenoxy) is 2. The van der Waals surface area contributed by atoms with Crippen molar-refractivity contribution in [1.82, 2.24) is 0 Å². The van der Waals surface area contributed by atoms with Crippen molar-refractivity contribution in [3.8, 4) is 23.0 Å². The highest BCUT2D eigenvalue weighted by molar-refractivity contribution is 7.62. The van der Waals surface area contributed by atoms with Gasteiger partial charge in [0, 0.05) is 24.3 Å². The zero-order valence-electron chi connectivity index (χ0n) is 21.7. The Morgan fingerprint density at radius 2 is 0.810 bits per heavy atom. The fourth-order valence-corrected chi connectivity index (χ4v) is 5.92. The number of hydrogen-bond donors (Lipinski definition) is 0. The van der Waals surface area contributed by atoms with Crippen LogP contribution in [0.25, 0.3) is 0 Å². The van der Waals surface area contributed by atoms with Gasteiger partial charge >= 0.3 is 0 Å². The van der Waals surface area contributed by atoms with Crippen LogP contribution < -0.4 is 29.9 Å². The van der Waals surface area contributed by atoms with Crippen molar-refractivity contribution in [2.75, 3.05) is 9.80 Å². The summed E-state index contributed by atoms with van der Waals surface area (Å²) in [5, 5.41) is 0.317. The first-order valence-corrected chi connectivity index (χ1v) is 14.0. The summed E-state index contributed by atoms with van der Waals surface area (Å²) in [7, 11) is -2.56. The molecule has 4 aromatic rings. The van der Waals surface area contributed by atoms with E-state index in [1.807, 2.05) is 0 Å². The third kappa shape index (κ3) is 4.89. The summed E-state index contributed by atoms with van der Waals surface area (Å²) in [4.78, 5) is 52.5. The van der Waals surface area contributed by atoms with Crippen LogP contribution >= 0.6 is 7.80 Å². The number of hydrogen-bond acceptors (Lipinski definition) is 7. The van der Waals surface area contributed by atoms with Gasteiger partial charge in [0.25, 0.3) is 23.6 Å². The first kappa shape index (κ1) is 26.6. The van der Waals surface area contributed by atoms with Crippen LogP contribution in [-0.4, -0.2) is 23.6 Å². The predicted octanol–water partition coefficient (Wildman–Crippen LogP) is 4.91. The molecule has 2 aliphatic rings. The van der Waals surface area contributed by atoms with E-state index in [0.29, 0.717) is 11.5 Å². The second kappa shape index (κ2) is 11.1. The van der Waals surface area contributed by atoms with Crippen LogP contribution in [0.4, 0.5) is 11.4 Å². The van der Waals surface area contributed by atoms with Crippen molar-refractivity contribution < 1.29 is 33.2 Å². The number of benzene rings is 4. The van der Waals surface area contributed by atoms with Crippen LogP contribution in [0.1, 0.15) is 0 Å². The molecule has 0 aliphatic carbocycles. The van der Waals surface area contributed by atoms with Crippen LogP contribution in [0.15, 0.2) is 121 Å². The van der Waals surface area contributed by atoms with E-state index >= 15 is 0 Å². The van der Waals surface area contributed by atoms with Crippen molar-refractivity contribution in [2.24, 2.45) is 0 Å². The summed E-state index contributed by atoms with van der Waals surface area (Å²) in [5.74, 6) is -1.45. The van der Waals surface area contributed by atoms with Gasteiger partial charge in [0.05, 0.1) is 22.0 Å². The molecule has 4 aromatic carbocycles. The lowest BCUT2D eigenvalue weighted by Gasteiger charge is -2.23. The van der Waals surface area contributed by atoms with E-state index in [2.05, 4.69) is 0 Å². The van der Waals surface area contributed by atoms with E-state index < -0.39 is 31.4 Å². The Labute approximate surface area is 240 Å². The maximum atomic E-state index is 14.5. The van der Waals surface area contributed by atoms with Crippen molar-refractivity contribution in [3.63, 3.8) is 0 Å². The van der Waals surface area contributed by atoms with Gasteiger partial charge < -0.3 is 9.47 Å². The lowest BCUT2D eigenvalue weighted by Crippen LogP contribution is -2.31. The summed E-state index contributed by atoms with van der Waals surface area (Å²) in [6.45, 7) is 0. The average Bonchev–Trinajstić information content (AvgIpc) is 3.52. The molecule has 6 rings (SSSR count). The standard InChI is InChI=1S/C32H20N2O7P/c35-27-17-18-28(36)33(27)23-13-7-15-25(31(23)40-21-9-3-1-4-10-21)42(39)26-16-8-14-24(34-29(37)19-20-30(34)38)32(26)41-22-11-5-2-6-12-22/h1-20H. The Bertz CT molecular complexity index is 1670. The highest BCUT2D eigenvalue weighted by Gasteiger charge is 2.34. The molecule has 0 spiro atoms. The van der Waals surface area contributed by atoms with Gasteiger partial charge in [-0.3, -0.25) is 23.7 Å². The number of amides is 4. The van der Waals surface area contributed by atoms with Crippen LogP contribution in [0, 0.1) is 0 Å². The number of rotatable bonds is 8. The minimum atomic E-state index is -2.56. The van der Waals surface area contributed by atoms with E-state index in [0.717, 1.165) is 34.1 Å². The van der Waals surface area contributed by atoms with E-state index in [4.69, 9.17) is 9.47 Å². The molecule has 0 bridgehead atoms. The third-order valence-electron chi connectivity index (χ3n) is 6.41. The number of carbonyl (C=O) groups is 4. The molecule has 4 amide bonds. The van der Waals surface area contributed by atoms with Crippen molar-refractivity contribution in [1.29, 1.82) is 0 Å². The summed E-state index contributed by atoms with van der Waals surface area (Å²) < 4.78 is 26.9. The topological polar surface area (TPSA) is 110 Å². The van der Waals surface area contributed by atoms with E-state index in [1.54, 1.807) is 84.9 Å². The zero-order chi connectivity index (χ0) is 29.2. The van der Waals surface area contributed by atoms with E-state index in [-0.39, 0.29) is 33.5 Å². The Morgan fingerprint density at radius 1 is 0.452 bits per heavy atom. The van der Waals surface area contributed by atoms with Crippen molar-refractivity contribution in [3.05, 3.63) is 121 Å². The Morgan fingerprint density at radius 3 is 1.17 bits per heavy atom. The summed E-state index contributed by atoms with van der Waals surface area (Å²) in [5.41, 5.74) is 0.214. The molecule has 0 N–H and O–H groups in total. The highest BCUT2D eigenvalue weighted by Crippen LogP contribution is 2.42. The van der Waals surface area contributed by atoms with E-state index in [9.17, 15) is 23.7 Å². The largest absolute Gasteiger partial charge is 0.454 e. The quantitative estimate of drug-likeness (QED) is 0.217. The van der Waals surface area contributed by atoms with Crippen molar-refractivity contribution in [2.45, 2.75) is 0 Å². The molecular weight excluding hydrogens is 555 g/mol. The highest BCUT2D eigenvalue weighted by atomic mass is 31.1. The zero-order valence-corrected chi connectivity index (χ0v) is 22.6. The lowest BCUT2D eigenvalue weighted by molar-refractivity contribution is -0.121. The van der Waals surface area contributed by atoms with E-state index in [1.165, 1.54) is 12.1 Å². The Balaban J connectivity index is 1.53. The van der Waals surface area contributed by atoms with Gasteiger partial charge in [0.2, 0.25) is 0 Å². The summed E-state index contributed by atoms with van der Waals surface area (Å²) >= 11 is 0. The van der Waals surface area contributed by atoms with Crippen LogP contribution in [0.5, 0.6) is 23.0 Å². The van der Waals surface area contributed by atoms with Gasteiger partial charge in [0.1, 0.15) is 19.3 Å². The second-order valence-electron chi connectivity index (χ2n) is 9.07. The summed E-state index contributed by atoms with van der Waals surface area (Å²) in [6, 6.07) is 26.6. The van der Waals surface area contributed by atoms with Crippen molar-refractivity contribution >= 4 is 53.4 Å². The van der Waals surface area contributed by atoms with Gasteiger partial charge in [-0.25, -0.2) is 9.80 Å². The minimum Gasteiger partial charge on any atom is -0.454 e. The average molecular weight is 575 g/mol. The number of imide groups is 2. The molecule has 9 nitrogen and oxygen atoms in total. The fraction of sp³-hybridized carbons (Fsp3) is 0. The number of para-hydroxylation sites is 4. The maximum Gasteiger partial charge on any atom is 0.258 e. The molecule has 0 fully saturated rings. The molecule has 2 heterocycles. The van der Waals surface area contributed by atoms with Gasteiger partial charge in [-0.1, -0.05) is 48.5 Å². The monoisotopic (exact) mass is 575 g/mol. The second-order valence-corrected chi connectivity index (χ2v) is 10.6. The normalized spacial score (nSPS) is 14.2. The molecular formula is C32H20N2O7P. The molecule has 0 aromatic heterocycles. The van der Waals surface area contributed by atoms with Crippen LogP contribution in [0.2, 0.25) is 0 Å². The lowest BCUT2D eigenvalue weighted by atomic mass is 10.2. The minimum absolute atomic E-state index is 0.0290. The van der Waals surface area contributed by atoms with Gasteiger partial charge in [-0.2, -0.15) is 0 Å². The Hall–Kier alpha value is -5.66. The molecule has 1 radical (unpaired) electrons. The molecule has 0 saturated carbocycles. The molecule has 2 aliphatic heterocycles. The fourth-order valence-electron chi connectivity index (χ4n) is 4.53.